The number of thiazole rings is 1. The Bertz CT molecular complexity index is 1250. The van der Waals surface area contributed by atoms with E-state index in [1.165, 1.54) is 6.07 Å². The fourth-order valence-electron chi connectivity index (χ4n) is 3.91. The number of aromatic nitrogens is 2. The number of nitrogens with one attached hydrogen (secondary N) is 1. The van der Waals surface area contributed by atoms with Gasteiger partial charge in [-0.25, -0.2) is 9.97 Å². The Morgan fingerprint density at radius 3 is 2.48 bits per heavy atom. The highest BCUT2D eigenvalue weighted by Gasteiger charge is 2.25. The molecule has 4 aromatic rings. The molecule has 9 nitrogen and oxygen atoms in total. The van der Waals surface area contributed by atoms with Crippen molar-refractivity contribution in [1.29, 1.82) is 0 Å². The highest BCUT2D eigenvalue weighted by Crippen LogP contribution is 2.29. The van der Waals surface area contributed by atoms with Crippen LogP contribution in [0.1, 0.15) is 10.4 Å². The van der Waals surface area contributed by atoms with Crippen LogP contribution in [0.25, 0.3) is 10.9 Å². The summed E-state index contributed by atoms with van der Waals surface area (Å²) in [6, 6.07) is 15.2. The molecule has 1 aliphatic rings. The van der Waals surface area contributed by atoms with E-state index in [0.717, 1.165) is 23.6 Å². The molecule has 33 heavy (non-hydrogen) atoms. The number of benzene rings is 2. The monoisotopic (exact) mass is 462 g/mol. The molecule has 1 amide bonds. The van der Waals surface area contributed by atoms with Gasteiger partial charge in [0.2, 0.25) is 5.69 Å². The molecule has 1 fully saturated rings. The van der Waals surface area contributed by atoms with Crippen molar-refractivity contribution in [3.8, 4) is 0 Å². The molecular formula is C23H22N6O3S. The smallest absolute Gasteiger partial charge is 0.253 e. The summed E-state index contributed by atoms with van der Waals surface area (Å²) in [5.41, 5.74) is 3.95. The number of para-hydroxylation sites is 1. The van der Waals surface area contributed by atoms with Crippen LogP contribution in [-0.2, 0) is 0 Å². The van der Waals surface area contributed by atoms with E-state index >= 15 is 0 Å². The molecule has 168 valence electrons. The van der Waals surface area contributed by atoms with Gasteiger partial charge in [-0.3, -0.25) is 4.79 Å². The van der Waals surface area contributed by atoms with E-state index in [1.54, 1.807) is 60.1 Å². The number of rotatable bonds is 5. The normalized spacial score (nSPS) is 15.9. The number of pyridine rings is 1. The maximum Gasteiger partial charge on any atom is 0.253 e. The fraction of sp³-hybridized carbons (Fsp3) is 0.174. The predicted molar refractivity (Wildman–Crippen MR) is 129 cm³/mol. The average molecular weight is 463 g/mol. The van der Waals surface area contributed by atoms with Crippen LogP contribution in [-0.4, -0.2) is 52.2 Å². The van der Waals surface area contributed by atoms with E-state index in [1.807, 2.05) is 22.4 Å². The quantitative estimate of drug-likeness (QED) is 0.343. The predicted octanol–water partition coefficient (Wildman–Crippen LogP) is 3.88. The molecule has 3 heterocycles. The van der Waals surface area contributed by atoms with Crippen molar-refractivity contribution in [2.45, 2.75) is 0 Å². The van der Waals surface area contributed by atoms with Crippen molar-refractivity contribution in [3.05, 3.63) is 83.1 Å². The van der Waals surface area contributed by atoms with Crippen molar-refractivity contribution >= 4 is 44.7 Å². The van der Waals surface area contributed by atoms with Gasteiger partial charge in [0.1, 0.15) is 5.52 Å². The summed E-state index contributed by atoms with van der Waals surface area (Å²) in [7, 11) is 0. The van der Waals surface area contributed by atoms with Gasteiger partial charge in [-0.05, 0) is 30.3 Å². The first-order valence-electron chi connectivity index (χ1n) is 10.5. The zero-order valence-electron chi connectivity index (χ0n) is 17.7. The summed E-state index contributed by atoms with van der Waals surface area (Å²) in [5.74, 6) is -0.0644. The number of quaternary nitrogens is 1. The van der Waals surface area contributed by atoms with Crippen molar-refractivity contribution in [2.24, 2.45) is 0 Å². The maximum absolute atomic E-state index is 12.9. The Morgan fingerprint density at radius 2 is 1.76 bits per heavy atom. The van der Waals surface area contributed by atoms with Crippen LogP contribution < -0.4 is 15.2 Å². The minimum atomic E-state index is -1.82. The molecular weight excluding hydrogens is 440 g/mol. The zero-order chi connectivity index (χ0) is 22.8. The SMILES string of the molecule is O=C(c1ccc(N[N+]([O-])(O)c2cccc3cccnc23)cc1)N1CCN(c2nccs2)CC1. The molecule has 0 spiro atoms. The molecule has 2 aromatic heterocycles. The molecule has 2 N–H and O–H groups in total. The maximum atomic E-state index is 12.9. The summed E-state index contributed by atoms with van der Waals surface area (Å²) in [4.78, 5) is 23.6. The topological polar surface area (TPSA) is 105 Å². The lowest BCUT2D eigenvalue weighted by Crippen LogP contribution is -2.48. The van der Waals surface area contributed by atoms with Gasteiger partial charge in [0, 0.05) is 61.0 Å². The van der Waals surface area contributed by atoms with Crippen LogP contribution >= 0.6 is 11.3 Å². The first kappa shape index (κ1) is 21.3. The van der Waals surface area contributed by atoms with E-state index in [4.69, 9.17) is 0 Å². The minimum absolute atomic E-state index is 0.0644. The molecule has 1 atom stereocenters. The number of amides is 1. The molecule has 0 aliphatic carbocycles. The van der Waals surface area contributed by atoms with Crippen LogP contribution in [0.4, 0.5) is 16.5 Å². The number of hydrogen-bond acceptors (Lipinski definition) is 8. The van der Waals surface area contributed by atoms with Gasteiger partial charge in [0.05, 0.1) is 5.69 Å². The average Bonchev–Trinajstić information content (AvgIpc) is 3.39. The summed E-state index contributed by atoms with van der Waals surface area (Å²) < 4.78 is 0. The Kier molecular flexibility index (Phi) is 5.65. The lowest BCUT2D eigenvalue weighted by atomic mass is 10.1. The molecule has 2 aromatic carbocycles. The second kappa shape index (κ2) is 8.75. The van der Waals surface area contributed by atoms with Crippen LogP contribution in [0.3, 0.4) is 0 Å². The number of carbonyl (C=O) groups is 1. The third-order valence-electron chi connectivity index (χ3n) is 5.61. The highest BCUT2D eigenvalue weighted by atomic mass is 32.1. The van der Waals surface area contributed by atoms with Crippen molar-refractivity contribution in [1.82, 2.24) is 19.8 Å². The number of carbonyl (C=O) groups excluding carboxylic acids is 1. The Hall–Kier alpha value is -3.57. The molecule has 5 rings (SSSR count). The van der Waals surface area contributed by atoms with Crippen LogP contribution in [0.5, 0.6) is 0 Å². The van der Waals surface area contributed by atoms with E-state index in [-0.39, 0.29) is 11.6 Å². The summed E-state index contributed by atoms with van der Waals surface area (Å²) in [6.45, 7) is 2.70. The van der Waals surface area contributed by atoms with Gasteiger partial charge >= 0.3 is 0 Å². The Labute approximate surface area is 194 Å². The number of hydrogen-bond donors (Lipinski definition) is 2. The number of nitrogens with zero attached hydrogens (tertiary/aromatic N) is 5. The first-order chi connectivity index (χ1) is 16.0. The van der Waals surface area contributed by atoms with E-state index < -0.39 is 4.92 Å². The highest BCUT2D eigenvalue weighted by molar-refractivity contribution is 7.13. The van der Waals surface area contributed by atoms with Crippen molar-refractivity contribution in [2.75, 3.05) is 36.5 Å². The first-order valence-corrected chi connectivity index (χ1v) is 11.4. The van der Waals surface area contributed by atoms with Gasteiger partial charge in [0.15, 0.2) is 5.13 Å². The largest absolute Gasteiger partial charge is 0.567 e. The molecule has 1 aliphatic heterocycles. The molecule has 1 unspecified atom stereocenters. The standard InChI is InChI=1S/C23H22N6O3S/c30-22(27-12-14-28(15-13-27)23-25-11-16-33-23)18-6-8-19(9-7-18)26-29(31,32)20-5-1-3-17-4-2-10-24-21(17)20/h1-11,16,26,31H,12-15H2. The van der Waals surface area contributed by atoms with E-state index in [2.05, 4.69) is 20.3 Å². The Balaban J connectivity index is 1.26. The lowest BCUT2D eigenvalue weighted by Gasteiger charge is -2.34. The molecule has 1 saturated heterocycles. The van der Waals surface area contributed by atoms with Crippen molar-refractivity contribution < 1.29 is 10.0 Å². The van der Waals surface area contributed by atoms with Gasteiger partial charge in [0.25, 0.3) is 5.91 Å². The number of anilines is 2. The van der Waals surface area contributed by atoms with Gasteiger partial charge < -0.3 is 15.0 Å². The van der Waals surface area contributed by atoms with E-state index in [9.17, 15) is 15.2 Å². The van der Waals surface area contributed by atoms with Crippen LogP contribution in [0.2, 0.25) is 0 Å². The van der Waals surface area contributed by atoms with Gasteiger partial charge in [-0.2, -0.15) is 10.6 Å². The molecule has 0 radical (unpaired) electrons. The number of fused-ring (bicyclic) bond motifs is 1. The van der Waals surface area contributed by atoms with E-state index in [0.29, 0.717) is 29.9 Å². The third-order valence-corrected chi connectivity index (χ3v) is 6.44. The lowest BCUT2D eigenvalue weighted by molar-refractivity contribution is -0.00465. The van der Waals surface area contributed by atoms with Gasteiger partial charge in [-0.1, -0.05) is 23.1 Å². The molecule has 0 saturated carbocycles. The molecule has 10 heteroatoms. The summed E-state index contributed by atoms with van der Waals surface area (Å²) in [5, 5.41) is 27.2. The fourth-order valence-corrected chi connectivity index (χ4v) is 4.61. The zero-order valence-corrected chi connectivity index (χ0v) is 18.5. The van der Waals surface area contributed by atoms with Crippen molar-refractivity contribution in [3.63, 3.8) is 0 Å². The minimum Gasteiger partial charge on any atom is -0.567 e. The molecule has 0 bridgehead atoms. The third kappa shape index (κ3) is 4.37. The van der Waals surface area contributed by atoms with Gasteiger partial charge in [-0.15, -0.1) is 11.3 Å². The second-order valence-corrected chi connectivity index (χ2v) is 8.58. The van der Waals surface area contributed by atoms with Crippen LogP contribution in [0.15, 0.2) is 72.4 Å². The summed E-state index contributed by atoms with van der Waals surface area (Å²) >= 11 is 1.59. The number of piperazine rings is 1. The summed E-state index contributed by atoms with van der Waals surface area (Å²) in [6.07, 6.45) is 3.36. The Morgan fingerprint density at radius 1 is 1.00 bits per heavy atom. The second-order valence-electron chi connectivity index (χ2n) is 7.71. The van der Waals surface area contributed by atoms with Crippen LogP contribution in [0, 0.1) is 5.21 Å².